The van der Waals surface area contributed by atoms with E-state index in [1.54, 1.807) is 0 Å². The van der Waals surface area contributed by atoms with Crippen LogP contribution in [-0.4, -0.2) is 50.6 Å². The Hall–Kier alpha value is -0.0400. The van der Waals surface area contributed by atoms with Crippen molar-refractivity contribution in [1.82, 2.24) is 15.5 Å². The van der Waals surface area contributed by atoms with Gasteiger partial charge in [0.15, 0.2) is 5.96 Å². The molecule has 0 radical (unpaired) electrons. The van der Waals surface area contributed by atoms with E-state index in [4.69, 9.17) is 0 Å². The Labute approximate surface area is 124 Å². The Morgan fingerprint density at radius 2 is 1.65 bits per heavy atom. The van der Waals surface area contributed by atoms with Crippen LogP contribution in [0.4, 0.5) is 0 Å². The van der Waals surface area contributed by atoms with Crippen LogP contribution in [0, 0.1) is 0 Å². The lowest BCUT2D eigenvalue weighted by atomic mass is 10.3. The normalized spacial score (nSPS) is 11.2. The molecule has 17 heavy (non-hydrogen) atoms. The number of likely N-dealkylation sites (N-methyl/N-ethyl adjacent to an activating group) is 1. The molecule has 0 atom stereocenters. The molecule has 5 heteroatoms. The molecule has 2 N–H and O–H groups in total. The summed E-state index contributed by atoms with van der Waals surface area (Å²) in [6.45, 7) is 11.8. The molecule has 0 aliphatic carbocycles. The first kappa shape index (κ1) is 19.3. The van der Waals surface area contributed by atoms with Crippen LogP contribution in [0.3, 0.4) is 0 Å². The van der Waals surface area contributed by atoms with Gasteiger partial charge in [0.2, 0.25) is 0 Å². The molecule has 0 unspecified atom stereocenters. The van der Waals surface area contributed by atoms with Gasteiger partial charge in [0.25, 0.3) is 0 Å². The maximum Gasteiger partial charge on any atom is 0.191 e. The molecule has 0 heterocycles. The summed E-state index contributed by atoms with van der Waals surface area (Å²) in [7, 11) is 1.82. The highest BCUT2D eigenvalue weighted by atomic mass is 127. The van der Waals surface area contributed by atoms with Crippen LogP contribution in [0.2, 0.25) is 0 Å². The third-order valence-electron chi connectivity index (χ3n) is 2.66. The minimum absolute atomic E-state index is 0. The maximum absolute atomic E-state index is 4.18. The smallest absolute Gasteiger partial charge is 0.191 e. The predicted molar refractivity (Wildman–Crippen MR) is 87.5 cm³/mol. The molecule has 0 fully saturated rings. The summed E-state index contributed by atoms with van der Waals surface area (Å²) in [5.41, 5.74) is 0. The summed E-state index contributed by atoms with van der Waals surface area (Å²) in [4.78, 5) is 6.58. The second kappa shape index (κ2) is 14.0. The van der Waals surface area contributed by atoms with Crippen LogP contribution in [0.15, 0.2) is 4.99 Å². The average Bonchev–Trinajstić information content (AvgIpc) is 2.32. The van der Waals surface area contributed by atoms with Gasteiger partial charge in [0.05, 0.1) is 0 Å². The molecule has 4 nitrogen and oxygen atoms in total. The molecular formula is C12H29IN4. The van der Waals surface area contributed by atoms with Gasteiger partial charge in [-0.15, -0.1) is 24.0 Å². The Kier molecular flexibility index (Phi) is 15.9. The van der Waals surface area contributed by atoms with E-state index in [1.807, 2.05) is 7.05 Å². The molecule has 0 aromatic carbocycles. The Morgan fingerprint density at radius 1 is 1.06 bits per heavy atom. The number of halogens is 1. The molecular weight excluding hydrogens is 327 g/mol. The zero-order valence-electron chi connectivity index (χ0n) is 11.8. The summed E-state index contributed by atoms with van der Waals surface area (Å²) in [5.74, 6) is 0.917. The largest absolute Gasteiger partial charge is 0.356 e. The van der Waals surface area contributed by atoms with E-state index < -0.39 is 0 Å². The van der Waals surface area contributed by atoms with Gasteiger partial charge < -0.3 is 15.5 Å². The molecule has 0 saturated heterocycles. The fraction of sp³-hybridized carbons (Fsp3) is 0.917. The van der Waals surface area contributed by atoms with Gasteiger partial charge in [-0.05, 0) is 19.5 Å². The van der Waals surface area contributed by atoms with Gasteiger partial charge in [-0.2, -0.15) is 0 Å². The first-order valence-electron chi connectivity index (χ1n) is 6.45. The molecule has 0 bridgehead atoms. The molecule has 0 aliphatic rings. The quantitative estimate of drug-likeness (QED) is 0.302. The van der Waals surface area contributed by atoms with Gasteiger partial charge in [-0.3, -0.25) is 4.99 Å². The van der Waals surface area contributed by atoms with Gasteiger partial charge in [0.1, 0.15) is 0 Å². The highest BCUT2D eigenvalue weighted by Crippen LogP contribution is 1.85. The number of aliphatic imine (C=N–C) groups is 1. The highest BCUT2D eigenvalue weighted by Gasteiger charge is 1.99. The van der Waals surface area contributed by atoms with Gasteiger partial charge in [0, 0.05) is 26.7 Å². The van der Waals surface area contributed by atoms with Crippen molar-refractivity contribution < 1.29 is 0 Å². The van der Waals surface area contributed by atoms with Crippen LogP contribution in [0.1, 0.15) is 33.6 Å². The van der Waals surface area contributed by atoms with E-state index in [2.05, 4.69) is 41.3 Å². The summed E-state index contributed by atoms with van der Waals surface area (Å²) >= 11 is 0. The van der Waals surface area contributed by atoms with E-state index in [9.17, 15) is 0 Å². The Balaban J connectivity index is 0. The SMILES string of the molecule is CCCCNC(=NC)NCCN(CC)CC.I. The molecule has 0 aliphatic heterocycles. The topological polar surface area (TPSA) is 39.7 Å². The fourth-order valence-electron chi connectivity index (χ4n) is 1.48. The van der Waals surface area contributed by atoms with E-state index in [0.29, 0.717) is 0 Å². The van der Waals surface area contributed by atoms with Crippen LogP contribution in [-0.2, 0) is 0 Å². The van der Waals surface area contributed by atoms with Gasteiger partial charge in [-0.1, -0.05) is 27.2 Å². The van der Waals surface area contributed by atoms with Crippen LogP contribution in [0.25, 0.3) is 0 Å². The Bertz CT molecular complexity index is 181. The van der Waals surface area contributed by atoms with E-state index >= 15 is 0 Å². The van der Waals surface area contributed by atoms with Crippen LogP contribution >= 0.6 is 24.0 Å². The average molecular weight is 356 g/mol. The standard InChI is InChI=1S/C12H28N4.HI/c1-5-8-9-14-12(13-4)15-10-11-16(6-2)7-3;/h5-11H2,1-4H3,(H2,13,14,15);1H. The minimum Gasteiger partial charge on any atom is -0.356 e. The Morgan fingerprint density at radius 3 is 2.12 bits per heavy atom. The van der Waals surface area contributed by atoms with E-state index in [1.165, 1.54) is 12.8 Å². The lowest BCUT2D eigenvalue weighted by Crippen LogP contribution is -2.41. The molecule has 0 saturated carbocycles. The second-order valence-electron chi connectivity index (χ2n) is 3.81. The predicted octanol–water partition coefficient (Wildman–Crippen LogP) is 1.91. The number of nitrogens with one attached hydrogen (secondary N) is 2. The van der Waals surface area contributed by atoms with Crippen molar-refractivity contribution in [2.75, 3.05) is 39.8 Å². The van der Waals surface area contributed by atoms with E-state index in [-0.39, 0.29) is 24.0 Å². The lowest BCUT2D eigenvalue weighted by Gasteiger charge is -2.19. The summed E-state index contributed by atoms with van der Waals surface area (Å²) in [5, 5.41) is 6.63. The van der Waals surface area contributed by atoms with Crippen molar-refractivity contribution >= 4 is 29.9 Å². The van der Waals surface area contributed by atoms with Crippen molar-refractivity contribution in [2.24, 2.45) is 4.99 Å². The molecule has 104 valence electrons. The van der Waals surface area contributed by atoms with Crippen LogP contribution < -0.4 is 10.6 Å². The minimum atomic E-state index is 0. The molecule has 0 aromatic heterocycles. The van der Waals surface area contributed by atoms with Gasteiger partial charge in [-0.25, -0.2) is 0 Å². The first-order valence-corrected chi connectivity index (χ1v) is 6.45. The van der Waals surface area contributed by atoms with Crippen molar-refractivity contribution in [3.63, 3.8) is 0 Å². The summed E-state index contributed by atoms with van der Waals surface area (Å²) in [6, 6.07) is 0. The summed E-state index contributed by atoms with van der Waals surface area (Å²) < 4.78 is 0. The third kappa shape index (κ3) is 10.8. The van der Waals surface area contributed by atoms with Crippen molar-refractivity contribution in [2.45, 2.75) is 33.6 Å². The van der Waals surface area contributed by atoms with Crippen molar-refractivity contribution in [1.29, 1.82) is 0 Å². The van der Waals surface area contributed by atoms with E-state index in [0.717, 1.165) is 38.7 Å². The number of guanidine groups is 1. The maximum atomic E-state index is 4.18. The zero-order chi connectivity index (χ0) is 12.2. The van der Waals surface area contributed by atoms with Crippen molar-refractivity contribution in [3.05, 3.63) is 0 Å². The molecule has 0 amide bonds. The number of unbranched alkanes of at least 4 members (excludes halogenated alkanes) is 1. The monoisotopic (exact) mass is 356 g/mol. The lowest BCUT2D eigenvalue weighted by molar-refractivity contribution is 0.308. The molecule has 0 aromatic rings. The van der Waals surface area contributed by atoms with Crippen LogP contribution in [0.5, 0.6) is 0 Å². The number of nitrogens with zero attached hydrogens (tertiary/aromatic N) is 2. The number of rotatable bonds is 8. The van der Waals surface area contributed by atoms with Crippen molar-refractivity contribution in [3.8, 4) is 0 Å². The van der Waals surface area contributed by atoms with Gasteiger partial charge >= 0.3 is 0 Å². The summed E-state index contributed by atoms with van der Waals surface area (Å²) in [6.07, 6.45) is 2.40. The third-order valence-corrected chi connectivity index (χ3v) is 2.66. The number of hydrogen-bond acceptors (Lipinski definition) is 2. The first-order chi connectivity index (χ1) is 7.78. The molecule has 0 spiro atoms. The number of hydrogen-bond donors (Lipinski definition) is 2. The zero-order valence-corrected chi connectivity index (χ0v) is 14.1. The molecule has 0 rings (SSSR count). The highest BCUT2D eigenvalue weighted by molar-refractivity contribution is 14.0. The second-order valence-corrected chi connectivity index (χ2v) is 3.81. The fourth-order valence-corrected chi connectivity index (χ4v) is 1.48.